The standard InChI is InChI=1S/C15H26N2OS/c1-6-16-15(7-8-18-11(2)9-15)13-17-12(10-19-13)14(3,4)5/h10-11,16H,6-9H2,1-5H3. The Morgan fingerprint density at radius 1 is 1.53 bits per heavy atom. The largest absolute Gasteiger partial charge is 0.378 e. The molecule has 0 bridgehead atoms. The highest BCUT2D eigenvalue weighted by atomic mass is 32.1. The Labute approximate surface area is 120 Å². The van der Waals surface area contributed by atoms with Crippen molar-refractivity contribution in [1.82, 2.24) is 10.3 Å². The van der Waals surface area contributed by atoms with Crippen molar-refractivity contribution >= 4 is 11.3 Å². The molecule has 1 saturated heterocycles. The first-order valence-electron chi connectivity index (χ1n) is 7.20. The van der Waals surface area contributed by atoms with E-state index in [1.54, 1.807) is 11.3 Å². The minimum Gasteiger partial charge on any atom is -0.378 e. The van der Waals surface area contributed by atoms with Crippen LogP contribution in [-0.4, -0.2) is 24.2 Å². The van der Waals surface area contributed by atoms with Crippen LogP contribution in [0.4, 0.5) is 0 Å². The zero-order valence-corrected chi connectivity index (χ0v) is 13.6. The van der Waals surface area contributed by atoms with E-state index >= 15 is 0 Å². The molecule has 108 valence electrons. The van der Waals surface area contributed by atoms with E-state index in [9.17, 15) is 0 Å². The van der Waals surface area contributed by atoms with Gasteiger partial charge in [0.15, 0.2) is 0 Å². The first-order valence-corrected chi connectivity index (χ1v) is 8.08. The highest BCUT2D eigenvalue weighted by Crippen LogP contribution is 2.38. The van der Waals surface area contributed by atoms with Crippen LogP contribution in [-0.2, 0) is 15.7 Å². The molecule has 1 aromatic rings. The third-order valence-corrected chi connectivity index (χ3v) is 4.81. The monoisotopic (exact) mass is 282 g/mol. The Bertz CT molecular complexity index is 420. The number of hydrogen-bond donors (Lipinski definition) is 1. The normalized spacial score (nSPS) is 28.6. The van der Waals surface area contributed by atoms with Crippen molar-refractivity contribution in [1.29, 1.82) is 0 Å². The average molecular weight is 282 g/mol. The molecular formula is C15H26N2OS. The van der Waals surface area contributed by atoms with Crippen LogP contribution < -0.4 is 5.32 Å². The minimum absolute atomic E-state index is 0.0145. The van der Waals surface area contributed by atoms with E-state index in [-0.39, 0.29) is 11.0 Å². The zero-order valence-electron chi connectivity index (χ0n) is 12.7. The van der Waals surface area contributed by atoms with Gasteiger partial charge < -0.3 is 10.1 Å². The molecule has 0 amide bonds. The number of hydrogen-bond acceptors (Lipinski definition) is 4. The summed E-state index contributed by atoms with van der Waals surface area (Å²) in [5, 5.41) is 7.13. The van der Waals surface area contributed by atoms with Gasteiger partial charge in [0, 0.05) is 17.4 Å². The Hall–Kier alpha value is -0.450. The summed E-state index contributed by atoms with van der Waals surface area (Å²) in [6.45, 7) is 12.8. The van der Waals surface area contributed by atoms with Crippen LogP contribution in [0.1, 0.15) is 58.2 Å². The predicted molar refractivity (Wildman–Crippen MR) is 80.8 cm³/mol. The van der Waals surface area contributed by atoms with Crippen LogP contribution in [0.15, 0.2) is 5.38 Å². The molecular weight excluding hydrogens is 256 g/mol. The molecule has 2 rings (SSSR count). The van der Waals surface area contributed by atoms with Gasteiger partial charge in [-0.15, -0.1) is 11.3 Å². The van der Waals surface area contributed by atoms with E-state index in [0.717, 1.165) is 26.0 Å². The highest BCUT2D eigenvalue weighted by molar-refractivity contribution is 7.09. The second kappa shape index (κ2) is 5.51. The maximum atomic E-state index is 5.71. The summed E-state index contributed by atoms with van der Waals surface area (Å²) in [7, 11) is 0. The zero-order chi connectivity index (χ0) is 14.1. The van der Waals surface area contributed by atoms with E-state index in [1.807, 2.05) is 0 Å². The van der Waals surface area contributed by atoms with Crippen LogP contribution in [0.5, 0.6) is 0 Å². The molecule has 1 aromatic heterocycles. The van der Waals surface area contributed by atoms with Crippen molar-refractivity contribution < 1.29 is 4.74 Å². The molecule has 2 heterocycles. The van der Waals surface area contributed by atoms with Crippen LogP contribution in [0.2, 0.25) is 0 Å². The van der Waals surface area contributed by atoms with E-state index in [4.69, 9.17) is 9.72 Å². The molecule has 1 aliphatic heterocycles. The van der Waals surface area contributed by atoms with Crippen molar-refractivity contribution in [2.75, 3.05) is 13.2 Å². The molecule has 1 N–H and O–H groups in total. The minimum atomic E-state index is 0.0145. The first kappa shape index (κ1) is 14.9. The molecule has 0 aliphatic carbocycles. The van der Waals surface area contributed by atoms with Gasteiger partial charge >= 0.3 is 0 Å². The number of rotatable bonds is 3. The lowest BCUT2D eigenvalue weighted by molar-refractivity contribution is -0.0202. The van der Waals surface area contributed by atoms with Gasteiger partial charge in [0.2, 0.25) is 0 Å². The van der Waals surface area contributed by atoms with Crippen LogP contribution >= 0.6 is 11.3 Å². The lowest BCUT2D eigenvalue weighted by Crippen LogP contribution is -2.48. The summed E-state index contributed by atoms with van der Waals surface area (Å²) in [5.41, 5.74) is 1.34. The number of aromatic nitrogens is 1. The van der Waals surface area contributed by atoms with Gasteiger partial charge in [0.05, 0.1) is 17.3 Å². The summed E-state index contributed by atoms with van der Waals surface area (Å²) in [6.07, 6.45) is 2.33. The van der Waals surface area contributed by atoms with Crippen molar-refractivity contribution in [3.63, 3.8) is 0 Å². The molecule has 1 fully saturated rings. The Kier molecular flexibility index (Phi) is 4.33. The second-order valence-electron chi connectivity index (χ2n) is 6.54. The topological polar surface area (TPSA) is 34.2 Å². The number of ether oxygens (including phenoxy) is 1. The summed E-state index contributed by atoms with van der Waals surface area (Å²) < 4.78 is 5.71. The van der Waals surface area contributed by atoms with Crippen molar-refractivity contribution in [3.05, 3.63) is 16.1 Å². The van der Waals surface area contributed by atoms with E-state index < -0.39 is 0 Å². The number of nitrogens with one attached hydrogen (secondary N) is 1. The molecule has 2 atom stereocenters. The number of nitrogens with zero attached hydrogens (tertiary/aromatic N) is 1. The Balaban J connectivity index is 2.31. The SMILES string of the molecule is CCNC1(c2nc(C(C)(C)C)cs2)CCOC(C)C1. The fraction of sp³-hybridized carbons (Fsp3) is 0.800. The fourth-order valence-corrected chi connectivity index (χ4v) is 3.96. The molecule has 3 nitrogen and oxygen atoms in total. The molecule has 0 spiro atoms. The van der Waals surface area contributed by atoms with Crippen molar-refractivity contribution in [3.8, 4) is 0 Å². The fourth-order valence-electron chi connectivity index (χ4n) is 2.69. The summed E-state index contributed by atoms with van der Waals surface area (Å²) in [6, 6.07) is 0. The molecule has 0 radical (unpaired) electrons. The van der Waals surface area contributed by atoms with Gasteiger partial charge in [0.1, 0.15) is 5.01 Å². The summed E-state index contributed by atoms with van der Waals surface area (Å²) in [5.74, 6) is 0. The van der Waals surface area contributed by atoms with Gasteiger partial charge in [-0.1, -0.05) is 27.7 Å². The van der Waals surface area contributed by atoms with E-state index in [2.05, 4.69) is 45.3 Å². The quantitative estimate of drug-likeness (QED) is 0.922. The van der Waals surface area contributed by atoms with Gasteiger partial charge in [-0.05, 0) is 26.3 Å². The average Bonchev–Trinajstić information content (AvgIpc) is 2.78. The lowest BCUT2D eigenvalue weighted by atomic mass is 9.87. The Morgan fingerprint density at radius 2 is 2.26 bits per heavy atom. The predicted octanol–water partition coefficient (Wildman–Crippen LogP) is 3.44. The van der Waals surface area contributed by atoms with Gasteiger partial charge in [-0.2, -0.15) is 0 Å². The molecule has 0 saturated carbocycles. The maximum Gasteiger partial charge on any atom is 0.113 e. The molecule has 19 heavy (non-hydrogen) atoms. The third kappa shape index (κ3) is 3.18. The first-order chi connectivity index (χ1) is 8.87. The Morgan fingerprint density at radius 3 is 2.79 bits per heavy atom. The van der Waals surface area contributed by atoms with E-state index in [1.165, 1.54) is 10.7 Å². The summed E-state index contributed by atoms with van der Waals surface area (Å²) in [4.78, 5) is 4.93. The van der Waals surface area contributed by atoms with Crippen LogP contribution in [0.3, 0.4) is 0 Å². The van der Waals surface area contributed by atoms with Gasteiger partial charge in [-0.3, -0.25) is 0 Å². The third-order valence-electron chi connectivity index (χ3n) is 3.76. The summed E-state index contributed by atoms with van der Waals surface area (Å²) >= 11 is 1.79. The number of thiazole rings is 1. The molecule has 4 heteroatoms. The smallest absolute Gasteiger partial charge is 0.113 e. The van der Waals surface area contributed by atoms with Gasteiger partial charge in [-0.25, -0.2) is 4.98 Å². The molecule has 1 aliphatic rings. The van der Waals surface area contributed by atoms with Crippen LogP contribution in [0.25, 0.3) is 0 Å². The van der Waals surface area contributed by atoms with Crippen molar-refractivity contribution in [2.24, 2.45) is 0 Å². The molecule has 0 aromatic carbocycles. The second-order valence-corrected chi connectivity index (χ2v) is 7.39. The lowest BCUT2D eigenvalue weighted by Gasteiger charge is -2.39. The van der Waals surface area contributed by atoms with Crippen LogP contribution in [0, 0.1) is 0 Å². The highest BCUT2D eigenvalue weighted by Gasteiger charge is 2.39. The molecule has 2 unspecified atom stereocenters. The van der Waals surface area contributed by atoms with E-state index in [0.29, 0.717) is 6.10 Å². The maximum absolute atomic E-state index is 5.71. The van der Waals surface area contributed by atoms with Gasteiger partial charge in [0.25, 0.3) is 0 Å². The van der Waals surface area contributed by atoms with Crippen molar-refractivity contribution in [2.45, 2.75) is 64.5 Å².